The molecule has 0 bridgehead atoms. The molecule has 0 unspecified atom stereocenters. The molecule has 0 saturated carbocycles. The second-order valence-electron chi connectivity index (χ2n) is 8.84. The lowest BCUT2D eigenvalue weighted by Gasteiger charge is -2.09. The molecule has 35 heavy (non-hydrogen) atoms. The Morgan fingerprint density at radius 3 is 2.34 bits per heavy atom. The fourth-order valence-corrected chi connectivity index (χ4v) is 5.08. The van der Waals surface area contributed by atoms with Crippen LogP contribution in [-0.2, 0) is 6.54 Å². The van der Waals surface area contributed by atoms with Gasteiger partial charge in [0.2, 0.25) is 0 Å². The number of hydrogen-bond acceptors (Lipinski definition) is 2. The lowest BCUT2D eigenvalue weighted by Crippen LogP contribution is -1.95. The predicted octanol–water partition coefficient (Wildman–Crippen LogP) is 8.30. The molecule has 5 aromatic carbocycles. The van der Waals surface area contributed by atoms with Crippen LogP contribution in [0.3, 0.4) is 0 Å². The molecule has 2 heterocycles. The Labute approximate surface area is 202 Å². The van der Waals surface area contributed by atoms with Crippen LogP contribution >= 0.6 is 0 Å². The van der Waals surface area contributed by atoms with Crippen molar-refractivity contribution in [2.45, 2.75) is 6.54 Å². The zero-order valence-electron chi connectivity index (χ0n) is 19.1. The van der Waals surface area contributed by atoms with E-state index in [1.165, 1.54) is 16.3 Å². The van der Waals surface area contributed by atoms with E-state index in [-0.39, 0.29) is 0 Å². The number of aromatic nitrogens is 1. The summed E-state index contributed by atoms with van der Waals surface area (Å²) in [6, 6.07) is 40.1. The van der Waals surface area contributed by atoms with Gasteiger partial charge >= 0.3 is 0 Å². The highest BCUT2D eigenvalue weighted by Crippen LogP contribution is 2.40. The molecular weight excluding hydrogens is 428 g/mol. The molecule has 0 aliphatic heterocycles. The third kappa shape index (κ3) is 3.24. The van der Waals surface area contributed by atoms with Gasteiger partial charge < -0.3 is 8.98 Å². The minimum Gasteiger partial charge on any atom is -0.454 e. The fraction of sp³-hybridized carbons (Fsp3) is 0.0312. The first-order chi connectivity index (χ1) is 17.4. The van der Waals surface area contributed by atoms with Crippen molar-refractivity contribution in [2.75, 3.05) is 0 Å². The quantitative estimate of drug-likeness (QED) is 0.248. The largest absolute Gasteiger partial charge is 0.454 e. The monoisotopic (exact) mass is 450 g/mol. The first-order valence-electron chi connectivity index (χ1n) is 11.8. The molecule has 0 amide bonds. The number of para-hydroxylation sites is 2. The molecule has 3 nitrogen and oxygen atoms in total. The summed E-state index contributed by atoms with van der Waals surface area (Å²) >= 11 is 0. The Morgan fingerprint density at radius 2 is 1.43 bits per heavy atom. The SMILES string of the molecule is C(=N\Cc1ccccc1)/c1cccc(-n2c3ccccc3c3ccc4c5ccccc5oc4c32)c1. The number of furan rings is 1. The van der Waals surface area contributed by atoms with Crippen molar-refractivity contribution in [1.29, 1.82) is 0 Å². The van der Waals surface area contributed by atoms with Gasteiger partial charge in [-0.15, -0.1) is 0 Å². The molecule has 0 spiro atoms. The average molecular weight is 451 g/mol. The van der Waals surface area contributed by atoms with Gasteiger partial charge in [-0.1, -0.05) is 84.9 Å². The third-order valence-electron chi connectivity index (χ3n) is 6.66. The fourth-order valence-electron chi connectivity index (χ4n) is 5.08. The Balaban J connectivity index is 1.44. The van der Waals surface area contributed by atoms with Crippen molar-refractivity contribution in [3.8, 4) is 5.69 Å². The molecule has 2 aromatic heterocycles. The average Bonchev–Trinajstić information content (AvgIpc) is 3.45. The van der Waals surface area contributed by atoms with Gasteiger partial charge in [0.1, 0.15) is 5.58 Å². The molecule has 0 fully saturated rings. The van der Waals surface area contributed by atoms with Crippen LogP contribution in [-0.4, -0.2) is 10.8 Å². The van der Waals surface area contributed by atoms with Crippen LogP contribution in [0.15, 0.2) is 125 Å². The summed E-state index contributed by atoms with van der Waals surface area (Å²) < 4.78 is 8.78. The summed E-state index contributed by atoms with van der Waals surface area (Å²) in [7, 11) is 0. The molecular formula is C32H22N2O. The number of nitrogens with zero attached hydrogens (tertiary/aromatic N) is 2. The Morgan fingerprint density at radius 1 is 0.657 bits per heavy atom. The first-order valence-corrected chi connectivity index (χ1v) is 11.8. The second kappa shape index (κ2) is 8.00. The predicted molar refractivity (Wildman–Crippen MR) is 146 cm³/mol. The van der Waals surface area contributed by atoms with Gasteiger partial charge in [-0.2, -0.15) is 0 Å². The third-order valence-corrected chi connectivity index (χ3v) is 6.66. The van der Waals surface area contributed by atoms with E-state index in [4.69, 9.17) is 4.42 Å². The highest BCUT2D eigenvalue weighted by molar-refractivity contribution is 6.21. The molecule has 0 aliphatic rings. The topological polar surface area (TPSA) is 30.4 Å². The summed E-state index contributed by atoms with van der Waals surface area (Å²) in [5.41, 5.74) is 7.45. The van der Waals surface area contributed by atoms with Crippen LogP contribution in [0.5, 0.6) is 0 Å². The van der Waals surface area contributed by atoms with Crippen molar-refractivity contribution in [1.82, 2.24) is 4.57 Å². The van der Waals surface area contributed by atoms with E-state index in [0.29, 0.717) is 6.54 Å². The Kier molecular flexibility index (Phi) is 4.52. The zero-order chi connectivity index (χ0) is 23.2. The van der Waals surface area contributed by atoms with E-state index in [2.05, 4.69) is 94.5 Å². The highest BCUT2D eigenvalue weighted by Gasteiger charge is 2.18. The molecule has 7 aromatic rings. The van der Waals surface area contributed by atoms with Crippen LogP contribution in [0.1, 0.15) is 11.1 Å². The van der Waals surface area contributed by atoms with Gasteiger partial charge in [0.25, 0.3) is 0 Å². The normalized spacial score (nSPS) is 12.0. The number of benzene rings is 5. The van der Waals surface area contributed by atoms with Crippen molar-refractivity contribution < 1.29 is 4.42 Å². The van der Waals surface area contributed by atoms with Crippen molar-refractivity contribution in [2.24, 2.45) is 4.99 Å². The maximum absolute atomic E-state index is 6.45. The zero-order valence-corrected chi connectivity index (χ0v) is 19.1. The van der Waals surface area contributed by atoms with Crippen LogP contribution < -0.4 is 0 Å². The van der Waals surface area contributed by atoms with Crippen molar-refractivity contribution >= 4 is 50.0 Å². The van der Waals surface area contributed by atoms with E-state index in [0.717, 1.165) is 44.2 Å². The Hall–Kier alpha value is -4.63. The minimum absolute atomic E-state index is 0.667. The molecule has 0 radical (unpaired) electrons. The van der Waals surface area contributed by atoms with E-state index < -0.39 is 0 Å². The van der Waals surface area contributed by atoms with Crippen LogP contribution in [0.25, 0.3) is 49.4 Å². The minimum atomic E-state index is 0.667. The van der Waals surface area contributed by atoms with E-state index >= 15 is 0 Å². The van der Waals surface area contributed by atoms with E-state index in [1.54, 1.807) is 0 Å². The molecule has 0 aliphatic carbocycles. The summed E-state index contributed by atoms with van der Waals surface area (Å²) in [5, 5.41) is 4.68. The van der Waals surface area contributed by atoms with Gasteiger partial charge in [0.05, 0.1) is 17.6 Å². The number of hydrogen-bond donors (Lipinski definition) is 0. The molecule has 0 atom stereocenters. The summed E-state index contributed by atoms with van der Waals surface area (Å²) in [6.45, 7) is 0.667. The maximum Gasteiger partial charge on any atom is 0.160 e. The first kappa shape index (κ1) is 19.8. The van der Waals surface area contributed by atoms with Crippen LogP contribution in [0, 0.1) is 0 Å². The lowest BCUT2D eigenvalue weighted by atomic mass is 10.1. The maximum atomic E-state index is 6.45. The summed E-state index contributed by atoms with van der Waals surface area (Å²) in [6.07, 6.45) is 1.96. The molecule has 0 saturated heterocycles. The lowest BCUT2D eigenvalue weighted by molar-refractivity contribution is 0.671. The van der Waals surface area contributed by atoms with Gasteiger partial charge in [0, 0.05) is 33.4 Å². The molecule has 7 rings (SSSR count). The Bertz CT molecular complexity index is 1870. The smallest absolute Gasteiger partial charge is 0.160 e. The van der Waals surface area contributed by atoms with Gasteiger partial charge in [0.15, 0.2) is 5.58 Å². The number of rotatable bonds is 4. The number of aliphatic imine (C=N–C) groups is 1. The second-order valence-corrected chi connectivity index (χ2v) is 8.84. The van der Waals surface area contributed by atoms with Crippen LogP contribution in [0.2, 0.25) is 0 Å². The van der Waals surface area contributed by atoms with Gasteiger partial charge in [-0.3, -0.25) is 4.99 Å². The highest BCUT2D eigenvalue weighted by atomic mass is 16.3. The van der Waals surface area contributed by atoms with Crippen molar-refractivity contribution in [3.63, 3.8) is 0 Å². The van der Waals surface area contributed by atoms with E-state index in [1.807, 2.05) is 36.5 Å². The van der Waals surface area contributed by atoms with Gasteiger partial charge in [-0.05, 0) is 41.5 Å². The molecule has 0 N–H and O–H groups in total. The summed E-state index contributed by atoms with van der Waals surface area (Å²) in [5.74, 6) is 0. The number of fused-ring (bicyclic) bond motifs is 7. The standard InChI is InChI=1S/C32H22N2O/c1-2-9-22(10-3-1)20-33-21-23-11-8-12-24(19-23)34-29-15-6-4-13-25(29)27-17-18-28-26-14-5-7-16-30(26)35-32(28)31(27)34/h1-19,21H,20H2/b33-21+. The van der Waals surface area contributed by atoms with Crippen LogP contribution in [0.4, 0.5) is 0 Å². The van der Waals surface area contributed by atoms with Gasteiger partial charge in [-0.25, -0.2) is 0 Å². The molecule has 3 heteroatoms. The molecule has 166 valence electrons. The van der Waals surface area contributed by atoms with Crippen molar-refractivity contribution in [3.05, 3.63) is 126 Å². The summed E-state index contributed by atoms with van der Waals surface area (Å²) in [4.78, 5) is 4.68. The van der Waals surface area contributed by atoms with E-state index in [9.17, 15) is 0 Å².